The Morgan fingerprint density at radius 3 is 2.58 bits per heavy atom. The smallest absolute Gasteiger partial charge is 0.125 e. The second kappa shape index (κ2) is 4.16. The SMILES string of the molecule is CCCc1cc(CN)nc(C)n1. The highest BCUT2D eigenvalue weighted by atomic mass is 14.9. The molecule has 0 bridgehead atoms. The molecule has 3 heteroatoms. The molecule has 1 heterocycles. The number of hydrogen-bond acceptors (Lipinski definition) is 3. The van der Waals surface area contributed by atoms with E-state index in [0.29, 0.717) is 6.54 Å². The topological polar surface area (TPSA) is 51.8 Å². The molecule has 0 fully saturated rings. The van der Waals surface area contributed by atoms with Crippen LogP contribution in [-0.2, 0) is 13.0 Å². The number of hydrogen-bond donors (Lipinski definition) is 1. The van der Waals surface area contributed by atoms with E-state index in [0.717, 1.165) is 30.1 Å². The summed E-state index contributed by atoms with van der Waals surface area (Å²) in [7, 11) is 0. The van der Waals surface area contributed by atoms with Crippen molar-refractivity contribution in [1.82, 2.24) is 9.97 Å². The standard InChI is InChI=1S/C9H15N3/c1-3-4-8-5-9(6-10)12-7(2)11-8/h5H,3-4,6,10H2,1-2H3. The van der Waals surface area contributed by atoms with Gasteiger partial charge in [-0.05, 0) is 19.4 Å². The number of aromatic nitrogens is 2. The van der Waals surface area contributed by atoms with Crippen molar-refractivity contribution in [3.05, 3.63) is 23.3 Å². The van der Waals surface area contributed by atoms with Gasteiger partial charge in [0.15, 0.2) is 0 Å². The Hall–Kier alpha value is -0.960. The summed E-state index contributed by atoms with van der Waals surface area (Å²) in [6, 6.07) is 1.98. The lowest BCUT2D eigenvalue weighted by Crippen LogP contribution is -2.04. The molecule has 0 saturated carbocycles. The van der Waals surface area contributed by atoms with E-state index >= 15 is 0 Å². The summed E-state index contributed by atoms with van der Waals surface area (Å²) >= 11 is 0. The number of aryl methyl sites for hydroxylation is 2. The third-order valence-electron chi connectivity index (χ3n) is 1.66. The van der Waals surface area contributed by atoms with Gasteiger partial charge in [-0.3, -0.25) is 0 Å². The van der Waals surface area contributed by atoms with Crippen LogP contribution in [0.25, 0.3) is 0 Å². The van der Waals surface area contributed by atoms with Gasteiger partial charge in [0.2, 0.25) is 0 Å². The fraction of sp³-hybridized carbons (Fsp3) is 0.556. The molecule has 0 aromatic carbocycles. The third-order valence-corrected chi connectivity index (χ3v) is 1.66. The monoisotopic (exact) mass is 165 g/mol. The maximum atomic E-state index is 5.49. The maximum Gasteiger partial charge on any atom is 0.125 e. The van der Waals surface area contributed by atoms with E-state index in [1.165, 1.54) is 0 Å². The van der Waals surface area contributed by atoms with Crippen molar-refractivity contribution in [2.24, 2.45) is 5.73 Å². The zero-order chi connectivity index (χ0) is 8.97. The van der Waals surface area contributed by atoms with E-state index < -0.39 is 0 Å². The molecule has 1 aromatic rings. The van der Waals surface area contributed by atoms with Crippen molar-refractivity contribution < 1.29 is 0 Å². The lowest BCUT2D eigenvalue weighted by molar-refractivity contribution is 0.831. The maximum absolute atomic E-state index is 5.49. The first-order chi connectivity index (χ1) is 5.76. The van der Waals surface area contributed by atoms with Crippen molar-refractivity contribution in [2.75, 3.05) is 0 Å². The van der Waals surface area contributed by atoms with Crippen molar-refractivity contribution in [3.63, 3.8) is 0 Å². The van der Waals surface area contributed by atoms with E-state index in [1.54, 1.807) is 0 Å². The van der Waals surface area contributed by atoms with Gasteiger partial charge in [0.25, 0.3) is 0 Å². The van der Waals surface area contributed by atoms with Gasteiger partial charge in [-0.25, -0.2) is 9.97 Å². The molecule has 0 amide bonds. The highest BCUT2D eigenvalue weighted by Gasteiger charge is 1.98. The molecule has 3 nitrogen and oxygen atoms in total. The summed E-state index contributed by atoms with van der Waals surface area (Å²) in [4.78, 5) is 8.50. The van der Waals surface area contributed by atoms with E-state index in [4.69, 9.17) is 5.73 Å². The Balaban J connectivity index is 2.90. The summed E-state index contributed by atoms with van der Waals surface area (Å²) in [5.74, 6) is 0.821. The summed E-state index contributed by atoms with van der Waals surface area (Å²) in [5.41, 5.74) is 7.53. The predicted molar refractivity (Wildman–Crippen MR) is 48.7 cm³/mol. The highest BCUT2D eigenvalue weighted by Crippen LogP contribution is 2.02. The van der Waals surface area contributed by atoms with Crippen LogP contribution in [0.4, 0.5) is 0 Å². The van der Waals surface area contributed by atoms with Crippen LogP contribution in [-0.4, -0.2) is 9.97 Å². The van der Waals surface area contributed by atoms with Gasteiger partial charge in [-0.1, -0.05) is 13.3 Å². The van der Waals surface area contributed by atoms with Gasteiger partial charge in [0.05, 0.1) is 5.69 Å². The van der Waals surface area contributed by atoms with Crippen molar-refractivity contribution in [2.45, 2.75) is 33.2 Å². The van der Waals surface area contributed by atoms with E-state index in [1.807, 2.05) is 13.0 Å². The van der Waals surface area contributed by atoms with Gasteiger partial charge < -0.3 is 5.73 Å². The van der Waals surface area contributed by atoms with E-state index in [-0.39, 0.29) is 0 Å². The molecular weight excluding hydrogens is 150 g/mol. The van der Waals surface area contributed by atoms with Crippen LogP contribution in [0.2, 0.25) is 0 Å². The molecule has 1 aromatic heterocycles. The number of rotatable bonds is 3. The summed E-state index contributed by atoms with van der Waals surface area (Å²) in [6.07, 6.45) is 2.12. The molecule has 0 spiro atoms. The first-order valence-corrected chi connectivity index (χ1v) is 4.29. The van der Waals surface area contributed by atoms with Gasteiger partial charge in [0.1, 0.15) is 5.82 Å². The normalized spacial score (nSPS) is 10.2. The second-order valence-electron chi connectivity index (χ2n) is 2.85. The Bertz CT molecular complexity index is 258. The lowest BCUT2D eigenvalue weighted by atomic mass is 10.2. The molecule has 0 atom stereocenters. The molecule has 2 N–H and O–H groups in total. The summed E-state index contributed by atoms with van der Waals surface area (Å²) < 4.78 is 0. The van der Waals surface area contributed by atoms with Crippen molar-refractivity contribution >= 4 is 0 Å². The molecule has 0 radical (unpaired) electrons. The molecule has 12 heavy (non-hydrogen) atoms. The zero-order valence-corrected chi connectivity index (χ0v) is 7.67. The molecule has 0 unspecified atom stereocenters. The molecule has 1 rings (SSSR count). The van der Waals surface area contributed by atoms with Crippen LogP contribution in [0, 0.1) is 6.92 Å². The zero-order valence-electron chi connectivity index (χ0n) is 7.67. The predicted octanol–water partition coefficient (Wildman–Crippen LogP) is 1.20. The Kier molecular flexibility index (Phi) is 3.17. The average Bonchev–Trinajstić information content (AvgIpc) is 2.04. The average molecular weight is 165 g/mol. The number of nitrogens with zero attached hydrogens (tertiary/aromatic N) is 2. The van der Waals surface area contributed by atoms with Crippen LogP contribution in [0.5, 0.6) is 0 Å². The quantitative estimate of drug-likeness (QED) is 0.732. The summed E-state index contributed by atoms with van der Waals surface area (Å²) in [6.45, 7) is 4.54. The second-order valence-corrected chi connectivity index (χ2v) is 2.85. The summed E-state index contributed by atoms with van der Waals surface area (Å²) in [5, 5.41) is 0. The fourth-order valence-electron chi connectivity index (χ4n) is 1.19. The first-order valence-electron chi connectivity index (χ1n) is 4.29. The van der Waals surface area contributed by atoms with E-state index in [2.05, 4.69) is 16.9 Å². The van der Waals surface area contributed by atoms with Gasteiger partial charge >= 0.3 is 0 Å². The van der Waals surface area contributed by atoms with Gasteiger partial charge in [-0.15, -0.1) is 0 Å². The third kappa shape index (κ3) is 2.27. The van der Waals surface area contributed by atoms with E-state index in [9.17, 15) is 0 Å². The molecule has 66 valence electrons. The first kappa shape index (κ1) is 9.13. The van der Waals surface area contributed by atoms with Crippen molar-refractivity contribution in [1.29, 1.82) is 0 Å². The highest BCUT2D eigenvalue weighted by molar-refractivity contribution is 5.10. The van der Waals surface area contributed by atoms with Crippen LogP contribution >= 0.6 is 0 Å². The van der Waals surface area contributed by atoms with Crippen LogP contribution in [0.15, 0.2) is 6.07 Å². The molecule has 0 aliphatic carbocycles. The largest absolute Gasteiger partial charge is 0.325 e. The fourth-order valence-corrected chi connectivity index (χ4v) is 1.19. The molecular formula is C9H15N3. The lowest BCUT2D eigenvalue weighted by Gasteiger charge is -2.02. The Morgan fingerprint density at radius 2 is 2.00 bits per heavy atom. The molecule has 0 aliphatic rings. The molecule has 0 aliphatic heterocycles. The van der Waals surface area contributed by atoms with Crippen molar-refractivity contribution in [3.8, 4) is 0 Å². The minimum absolute atomic E-state index is 0.500. The minimum atomic E-state index is 0.500. The van der Waals surface area contributed by atoms with Crippen LogP contribution in [0.3, 0.4) is 0 Å². The van der Waals surface area contributed by atoms with Crippen LogP contribution < -0.4 is 5.73 Å². The minimum Gasteiger partial charge on any atom is -0.325 e. The van der Waals surface area contributed by atoms with Gasteiger partial charge in [0, 0.05) is 12.2 Å². The number of nitrogens with two attached hydrogens (primary N) is 1. The Morgan fingerprint density at radius 1 is 1.33 bits per heavy atom. The molecule has 0 saturated heterocycles. The van der Waals surface area contributed by atoms with Crippen LogP contribution in [0.1, 0.15) is 30.6 Å². The van der Waals surface area contributed by atoms with Gasteiger partial charge in [-0.2, -0.15) is 0 Å². The Labute approximate surface area is 73.0 Å².